The van der Waals surface area contributed by atoms with Gasteiger partial charge in [0.1, 0.15) is 0 Å². The first-order valence-electron chi connectivity index (χ1n) is 6.34. The highest BCUT2D eigenvalue weighted by Crippen LogP contribution is 2.09. The summed E-state index contributed by atoms with van der Waals surface area (Å²) >= 11 is 0. The molecule has 1 aromatic carbocycles. The van der Waals surface area contributed by atoms with Gasteiger partial charge in [0.15, 0.2) is 0 Å². The highest BCUT2D eigenvalue weighted by molar-refractivity contribution is 5.84. The number of benzene rings is 1. The summed E-state index contributed by atoms with van der Waals surface area (Å²) in [4.78, 5) is 4.57. The van der Waals surface area contributed by atoms with Crippen LogP contribution >= 0.6 is 0 Å². The van der Waals surface area contributed by atoms with E-state index in [0.29, 0.717) is 0 Å². The highest BCUT2D eigenvalue weighted by Gasteiger charge is 1.99. The van der Waals surface area contributed by atoms with Crippen molar-refractivity contribution in [1.29, 1.82) is 0 Å². The second kappa shape index (κ2) is 7.21. The molecule has 88 valence electrons. The van der Waals surface area contributed by atoms with Crippen molar-refractivity contribution in [2.45, 2.75) is 46.5 Å². The quantitative estimate of drug-likeness (QED) is 0.634. The molecule has 0 spiro atoms. The average molecular weight is 217 g/mol. The lowest BCUT2D eigenvalue weighted by Gasteiger charge is -2.06. The van der Waals surface area contributed by atoms with Crippen molar-refractivity contribution < 1.29 is 0 Å². The summed E-state index contributed by atoms with van der Waals surface area (Å²) in [7, 11) is 0. The molecule has 0 bridgehead atoms. The first kappa shape index (κ1) is 13.0. The monoisotopic (exact) mass is 217 g/mol. The lowest BCUT2D eigenvalue weighted by atomic mass is 10.0. The summed E-state index contributed by atoms with van der Waals surface area (Å²) in [5.74, 6) is 0. The number of hydrogen-bond donors (Lipinski definition) is 0. The molecule has 0 aliphatic rings. The van der Waals surface area contributed by atoms with E-state index >= 15 is 0 Å². The van der Waals surface area contributed by atoms with E-state index in [0.717, 1.165) is 25.8 Å². The van der Waals surface area contributed by atoms with Crippen molar-refractivity contribution >= 4 is 5.71 Å². The van der Waals surface area contributed by atoms with E-state index in [1.165, 1.54) is 23.3 Å². The molecule has 0 saturated heterocycles. The first-order chi connectivity index (χ1) is 7.76. The standard InChI is InChI=1S/C15H23N/c1-4-7-15(16-5-2)11-10-14-9-6-8-13(3)12-14/h6,8-9,12H,4-5,7,10-11H2,1-3H3. The highest BCUT2D eigenvalue weighted by atomic mass is 14.7. The van der Waals surface area contributed by atoms with Crippen molar-refractivity contribution in [1.82, 2.24) is 0 Å². The van der Waals surface area contributed by atoms with E-state index in [1.807, 2.05) is 0 Å². The van der Waals surface area contributed by atoms with Gasteiger partial charge in [0.25, 0.3) is 0 Å². The predicted octanol–water partition coefficient (Wildman–Crippen LogP) is 4.19. The minimum absolute atomic E-state index is 0.920. The van der Waals surface area contributed by atoms with Crippen molar-refractivity contribution in [3.63, 3.8) is 0 Å². The molecule has 0 saturated carbocycles. The maximum atomic E-state index is 4.57. The molecule has 1 heteroatoms. The van der Waals surface area contributed by atoms with Crippen LogP contribution in [0.4, 0.5) is 0 Å². The Morgan fingerprint density at radius 3 is 2.62 bits per heavy atom. The number of aryl methyl sites for hydroxylation is 2. The SMILES string of the molecule is CCCC(CCc1cccc(C)c1)=NCC. The van der Waals surface area contributed by atoms with E-state index in [-0.39, 0.29) is 0 Å². The Hall–Kier alpha value is -1.11. The number of nitrogens with zero attached hydrogens (tertiary/aromatic N) is 1. The Kier molecular flexibility index (Phi) is 5.84. The largest absolute Gasteiger partial charge is 0.294 e. The summed E-state index contributed by atoms with van der Waals surface area (Å²) < 4.78 is 0. The summed E-state index contributed by atoms with van der Waals surface area (Å²) in [5.41, 5.74) is 4.16. The van der Waals surface area contributed by atoms with E-state index in [2.05, 4.69) is 50.0 Å². The zero-order valence-electron chi connectivity index (χ0n) is 10.8. The predicted molar refractivity (Wildman–Crippen MR) is 72.4 cm³/mol. The third-order valence-electron chi connectivity index (χ3n) is 2.71. The summed E-state index contributed by atoms with van der Waals surface area (Å²) in [6.45, 7) is 7.40. The molecule has 1 nitrogen and oxygen atoms in total. The third kappa shape index (κ3) is 4.61. The molecule has 0 amide bonds. The van der Waals surface area contributed by atoms with Crippen LogP contribution in [0.2, 0.25) is 0 Å². The van der Waals surface area contributed by atoms with Crippen molar-refractivity contribution in [3.05, 3.63) is 35.4 Å². The van der Waals surface area contributed by atoms with E-state index < -0.39 is 0 Å². The van der Waals surface area contributed by atoms with E-state index in [9.17, 15) is 0 Å². The van der Waals surface area contributed by atoms with Crippen LogP contribution in [-0.2, 0) is 6.42 Å². The van der Waals surface area contributed by atoms with Crippen LogP contribution in [0, 0.1) is 6.92 Å². The first-order valence-corrected chi connectivity index (χ1v) is 6.34. The number of rotatable bonds is 6. The molecule has 0 fully saturated rings. The zero-order chi connectivity index (χ0) is 11.8. The molecule has 0 heterocycles. The average Bonchev–Trinajstić information content (AvgIpc) is 2.27. The molecule has 0 radical (unpaired) electrons. The van der Waals surface area contributed by atoms with Gasteiger partial charge in [0.2, 0.25) is 0 Å². The number of aliphatic imine (C=N–C) groups is 1. The Bertz CT molecular complexity index is 339. The van der Waals surface area contributed by atoms with E-state index in [4.69, 9.17) is 0 Å². The fourth-order valence-corrected chi connectivity index (χ4v) is 1.95. The lowest BCUT2D eigenvalue weighted by Crippen LogP contribution is -2.01. The third-order valence-corrected chi connectivity index (χ3v) is 2.71. The maximum absolute atomic E-state index is 4.57. The van der Waals surface area contributed by atoms with Gasteiger partial charge in [-0.3, -0.25) is 4.99 Å². The normalized spacial score (nSPS) is 11.8. The Morgan fingerprint density at radius 2 is 2.00 bits per heavy atom. The Labute approximate surface area is 99.6 Å². The summed E-state index contributed by atoms with van der Waals surface area (Å²) in [5, 5.41) is 0. The van der Waals surface area contributed by atoms with Gasteiger partial charge in [-0.25, -0.2) is 0 Å². The van der Waals surface area contributed by atoms with Gasteiger partial charge in [-0.15, -0.1) is 0 Å². The molecule has 0 atom stereocenters. The second-order valence-corrected chi connectivity index (χ2v) is 4.28. The fraction of sp³-hybridized carbons (Fsp3) is 0.533. The molecular formula is C15H23N. The van der Waals surface area contributed by atoms with Gasteiger partial charge in [-0.05, 0) is 38.7 Å². The molecule has 0 N–H and O–H groups in total. The number of hydrogen-bond acceptors (Lipinski definition) is 1. The van der Waals surface area contributed by atoms with Crippen molar-refractivity contribution in [2.24, 2.45) is 4.99 Å². The Morgan fingerprint density at radius 1 is 1.19 bits per heavy atom. The van der Waals surface area contributed by atoms with Gasteiger partial charge in [0, 0.05) is 12.3 Å². The molecule has 0 aliphatic heterocycles. The molecule has 1 aromatic rings. The topological polar surface area (TPSA) is 12.4 Å². The van der Waals surface area contributed by atoms with Gasteiger partial charge >= 0.3 is 0 Å². The maximum Gasteiger partial charge on any atom is 0.0360 e. The van der Waals surface area contributed by atoms with Crippen molar-refractivity contribution in [2.75, 3.05) is 6.54 Å². The van der Waals surface area contributed by atoms with Crippen LogP contribution in [-0.4, -0.2) is 12.3 Å². The van der Waals surface area contributed by atoms with Crippen LogP contribution in [0.15, 0.2) is 29.3 Å². The lowest BCUT2D eigenvalue weighted by molar-refractivity contribution is 0.914. The van der Waals surface area contributed by atoms with Crippen molar-refractivity contribution in [3.8, 4) is 0 Å². The van der Waals surface area contributed by atoms with Crippen LogP contribution < -0.4 is 0 Å². The fourth-order valence-electron chi connectivity index (χ4n) is 1.95. The Balaban J connectivity index is 2.52. The minimum Gasteiger partial charge on any atom is -0.294 e. The smallest absolute Gasteiger partial charge is 0.0360 e. The molecule has 0 aromatic heterocycles. The molecule has 1 rings (SSSR count). The molecule has 16 heavy (non-hydrogen) atoms. The zero-order valence-corrected chi connectivity index (χ0v) is 10.8. The summed E-state index contributed by atoms with van der Waals surface area (Å²) in [6.07, 6.45) is 4.60. The van der Waals surface area contributed by atoms with Gasteiger partial charge in [0.05, 0.1) is 0 Å². The summed E-state index contributed by atoms with van der Waals surface area (Å²) in [6, 6.07) is 8.77. The molecule has 0 aliphatic carbocycles. The van der Waals surface area contributed by atoms with Crippen LogP contribution in [0.3, 0.4) is 0 Å². The van der Waals surface area contributed by atoms with Gasteiger partial charge in [-0.2, -0.15) is 0 Å². The molecule has 0 unspecified atom stereocenters. The van der Waals surface area contributed by atoms with Gasteiger partial charge < -0.3 is 0 Å². The second-order valence-electron chi connectivity index (χ2n) is 4.28. The van der Waals surface area contributed by atoms with Crippen LogP contribution in [0.1, 0.15) is 44.2 Å². The van der Waals surface area contributed by atoms with Crippen LogP contribution in [0.25, 0.3) is 0 Å². The van der Waals surface area contributed by atoms with Crippen LogP contribution in [0.5, 0.6) is 0 Å². The molecular weight excluding hydrogens is 194 g/mol. The van der Waals surface area contributed by atoms with E-state index in [1.54, 1.807) is 0 Å². The van der Waals surface area contributed by atoms with Gasteiger partial charge in [-0.1, -0.05) is 43.2 Å². The minimum atomic E-state index is 0.920.